The average Bonchev–Trinajstić information content (AvgIpc) is 4.09. The molecule has 5 heterocycles. The van der Waals surface area contributed by atoms with E-state index in [1.54, 1.807) is 49.8 Å². The maximum atomic E-state index is 16.3. The number of hydrazone groups is 1. The van der Waals surface area contributed by atoms with Crippen LogP contribution in [0.2, 0.25) is 0 Å². The van der Waals surface area contributed by atoms with Crippen molar-refractivity contribution in [3.05, 3.63) is 93.3 Å². The van der Waals surface area contributed by atoms with Gasteiger partial charge in [0.25, 0.3) is 11.7 Å². The van der Waals surface area contributed by atoms with Crippen molar-refractivity contribution >= 4 is 62.7 Å². The molecule has 1 saturated heterocycles. The molecule has 1 saturated carbocycles. The van der Waals surface area contributed by atoms with Gasteiger partial charge in [0.2, 0.25) is 5.43 Å². The standard InChI is InChI=1S/C57H68FN5O15/c1-26-13-12-14-27(2)56(73)60-43-36(24-59-62-20-18-61(19-21-62)45-38(58)23-35-44(54(45)75-11)63(34-15-16-34)25-37(32(7)64)49(35)69)50(70)40-41(51(43)71)48(68)31(6)53-42(40)55(72)57(9,78-53)76-22-17-39(74-10)28(3)52(77-33(8)65)30(5)47(67)29(4)46(26)66/h12-14,17,22-26,28-30,34,39,46-47,52,64,66-68,70-71H,7,15-16,18-21H2,1-6,8-11H3,(H,60,73)/b13-12+,22-17+,27-14-,59-24-/t26-,28+,29+,30+,39-,46-,47+,52+,57-/m0/s1. The van der Waals surface area contributed by atoms with Crippen molar-refractivity contribution in [3.8, 4) is 28.7 Å². The zero-order valence-corrected chi connectivity index (χ0v) is 45.3. The lowest BCUT2D eigenvalue weighted by atomic mass is 9.78. The Kier molecular flexibility index (Phi) is 16.0. The van der Waals surface area contributed by atoms with Gasteiger partial charge in [-0.2, -0.15) is 5.10 Å². The van der Waals surface area contributed by atoms with Gasteiger partial charge in [-0.25, -0.2) is 4.39 Å². The number of rotatable bonds is 8. The number of fused-ring (bicyclic) bond motifs is 15. The van der Waals surface area contributed by atoms with Crippen LogP contribution in [0.4, 0.5) is 15.8 Å². The average molecular weight is 1080 g/mol. The normalized spacial score (nSPS) is 27.8. The number of esters is 1. The highest BCUT2D eigenvalue weighted by Crippen LogP contribution is 2.55. The Balaban J connectivity index is 1.20. The van der Waals surface area contributed by atoms with Crippen molar-refractivity contribution in [1.29, 1.82) is 0 Å². The molecule has 0 unspecified atom stereocenters. The summed E-state index contributed by atoms with van der Waals surface area (Å²) >= 11 is 0. The number of aromatic nitrogens is 1. The lowest BCUT2D eigenvalue weighted by Crippen LogP contribution is -2.46. The van der Waals surface area contributed by atoms with Gasteiger partial charge in [0.1, 0.15) is 34.8 Å². The number of ketones is 1. The van der Waals surface area contributed by atoms with Crippen molar-refractivity contribution in [2.75, 3.05) is 50.6 Å². The van der Waals surface area contributed by atoms with Gasteiger partial charge in [0, 0.05) is 86.5 Å². The van der Waals surface area contributed by atoms with E-state index in [9.17, 15) is 49.8 Å². The number of halogens is 1. The first-order valence-corrected chi connectivity index (χ1v) is 25.8. The number of Topliss-reactive ketones (excluding diaryl/α,β-unsaturated/α-hetero) is 1. The summed E-state index contributed by atoms with van der Waals surface area (Å²) < 4.78 is 47.8. The minimum absolute atomic E-state index is 0.00286. The van der Waals surface area contributed by atoms with Gasteiger partial charge in [-0.3, -0.25) is 24.2 Å². The number of nitrogens with one attached hydrogen (secondary N) is 1. The number of nitrogens with zero attached hydrogens (tertiary/aromatic N) is 4. The fraction of sp³-hybridized carbons (Fsp3) is 0.456. The molecule has 3 aromatic carbocycles. The molecule has 1 aromatic heterocycles. The Morgan fingerprint density at radius 3 is 2.24 bits per heavy atom. The summed E-state index contributed by atoms with van der Waals surface area (Å²) in [5.41, 5.74) is -0.985. The molecule has 5 aliphatic rings. The third-order valence-corrected chi connectivity index (χ3v) is 15.6. The molecule has 1 aliphatic carbocycles. The van der Waals surface area contributed by atoms with Crippen LogP contribution in [0.5, 0.6) is 28.7 Å². The lowest BCUT2D eigenvalue weighted by molar-refractivity contribution is -0.160. The first-order valence-electron chi connectivity index (χ1n) is 25.8. The van der Waals surface area contributed by atoms with Crippen LogP contribution in [-0.2, 0) is 23.8 Å². The molecule has 20 nitrogen and oxygen atoms in total. The number of aliphatic hydroxyl groups excluding tert-OH is 3. The number of methoxy groups -OCH3 is 2. The van der Waals surface area contributed by atoms with Crippen LogP contribution >= 0.6 is 0 Å². The zero-order valence-electron chi connectivity index (χ0n) is 45.3. The van der Waals surface area contributed by atoms with Crippen molar-refractivity contribution in [3.63, 3.8) is 0 Å². The van der Waals surface area contributed by atoms with E-state index in [4.69, 9.17) is 23.7 Å². The van der Waals surface area contributed by atoms with Gasteiger partial charge in [0.15, 0.2) is 17.3 Å². The molecule has 4 aromatic rings. The predicted molar refractivity (Wildman–Crippen MR) is 290 cm³/mol. The van der Waals surface area contributed by atoms with Crippen molar-refractivity contribution in [2.45, 2.75) is 104 Å². The number of ether oxygens (including phenoxy) is 5. The van der Waals surface area contributed by atoms with E-state index in [0.29, 0.717) is 5.52 Å². The van der Waals surface area contributed by atoms with E-state index in [0.717, 1.165) is 25.2 Å². The SMILES string of the molecule is C=C(O)c1cn(C2CC2)c2c(OC)c(N3CCN(/N=C\c4c5c(O)c6c(O)c(C)c7c(c6c4O)C(=O)[C@@](C)(O/C=C/[C@H](OC)[C@@H](C)[C@@H](OC(C)=O)[C@H](C)[C@H](O)[C@H](C)[C@@H](O)[C@@H](C)/C=C/C=C(/C)C(=O)N5)O7)CC3)c(F)cc2c1=O. The number of pyridine rings is 1. The number of allylic oxidation sites excluding steroid dienone is 2. The maximum absolute atomic E-state index is 16.3. The number of anilines is 2. The molecular formula is C57H68FN5O15. The molecule has 5 bridgehead atoms. The Bertz CT molecular complexity index is 3280. The van der Waals surface area contributed by atoms with Gasteiger partial charge in [-0.15, -0.1) is 0 Å². The highest BCUT2D eigenvalue weighted by atomic mass is 19.1. The van der Waals surface area contributed by atoms with Crippen LogP contribution in [0.25, 0.3) is 27.4 Å². The smallest absolute Gasteiger partial charge is 0.312 e. The third-order valence-electron chi connectivity index (χ3n) is 15.6. The predicted octanol–water partition coefficient (Wildman–Crippen LogP) is 7.24. The first-order chi connectivity index (χ1) is 36.9. The third kappa shape index (κ3) is 10.2. The number of amides is 1. The van der Waals surface area contributed by atoms with Crippen LogP contribution < -0.4 is 25.1 Å². The van der Waals surface area contributed by atoms with E-state index < -0.39 is 111 Å². The Morgan fingerprint density at radius 2 is 1.63 bits per heavy atom. The lowest BCUT2D eigenvalue weighted by Gasteiger charge is -2.38. The molecule has 1 amide bonds. The monoisotopic (exact) mass is 1080 g/mol. The minimum atomic E-state index is -2.14. The van der Waals surface area contributed by atoms with E-state index in [2.05, 4.69) is 17.0 Å². The quantitative estimate of drug-likeness (QED) is 0.0301. The summed E-state index contributed by atoms with van der Waals surface area (Å²) in [4.78, 5) is 56.5. The summed E-state index contributed by atoms with van der Waals surface area (Å²) in [6.07, 6.45) is 7.47. The van der Waals surface area contributed by atoms with Crippen LogP contribution in [0.1, 0.15) is 94.4 Å². The fourth-order valence-electron chi connectivity index (χ4n) is 10.8. The number of carbonyl (C=O) groups excluding carboxylic acids is 3. The molecule has 0 spiro atoms. The van der Waals surface area contributed by atoms with Crippen molar-refractivity contribution in [2.24, 2.45) is 28.8 Å². The molecule has 78 heavy (non-hydrogen) atoms. The summed E-state index contributed by atoms with van der Waals surface area (Å²) in [5, 5.41) is 78.0. The van der Waals surface area contributed by atoms with Crippen LogP contribution in [-0.4, -0.2) is 135 Å². The Labute approximate surface area is 449 Å². The highest BCUT2D eigenvalue weighted by Gasteiger charge is 2.50. The van der Waals surface area contributed by atoms with Crippen molar-refractivity contribution in [1.82, 2.24) is 9.58 Å². The van der Waals surface area contributed by atoms with Crippen molar-refractivity contribution < 1.29 is 73.1 Å². The second kappa shape index (κ2) is 22.0. The fourth-order valence-corrected chi connectivity index (χ4v) is 10.8. The zero-order chi connectivity index (χ0) is 57.0. The van der Waals surface area contributed by atoms with Gasteiger partial charge in [-0.1, -0.05) is 52.5 Å². The maximum Gasteiger partial charge on any atom is 0.312 e. The number of aliphatic hydroxyl groups is 3. The van der Waals surface area contributed by atoms with E-state index in [1.165, 1.54) is 66.5 Å². The number of carbonyl (C=O) groups is 3. The molecule has 418 valence electrons. The number of hydrogen-bond donors (Lipinski definition) is 7. The summed E-state index contributed by atoms with van der Waals surface area (Å²) in [6, 6.07) is 1.14. The van der Waals surface area contributed by atoms with Gasteiger partial charge in [-0.05, 0) is 38.8 Å². The molecule has 2 fully saturated rings. The number of aromatic hydroxyl groups is 3. The molecule has 21 heteroatoms. The van der Waals surface area contributed by atoms with Crippen LogP contribution in [0.3, 0.4) is 0 Å². The topological polar surface area (TPSA) is 272 Å². The van der Waals surface area contributed by atoms with Gasteiger partial charge >= 0.3 is 11.8 Å². The number of phenolic OH excluding ortho intramolecular Hbond substituents is 3. The summed E-state index contributed by atoms with van der Waals surface area (Å²) in [7, 11) is 2.80. The molecule has 7 N–H and O–H groups in total. The Hall–Kier alpha value is -7.62. The van der Waals surface area contributed by atoms with Gasteiger partial charge in [0.05, 0.1) is 89.7 Å². The second-order valence-corrected chi connectivity index (χ2v) is 20.9. The van der Waals surface area contributed by atoms with E-state index in [1.807, 2.05) is 4.57 Å². The second-order valence-electron chi connectivity index (χ2n) is 20.9. The van der Waals surface area contributed by atoms with E-state index in [-0.39, 0.29) is 93.7 Å². The first kappa shape index (κ1) is 56.6. The molecule has 9 atom stereocenters. The van der Waals surface area contributed by atoms with Crippen LogP contribution in [0, 0.1) is 36.4 Å². The number of phenols is 3. The van der Waals surface area contributed by atoms with Crippen LogP contribution in [0.15, 0.2) is 64.9 Å². The Morgan fingerprint density at radius 1 is 0.949 bits per heavy atom. The largest absolute Gasteiger partial charge is 0.508 e. The minimum Gasteiger partial charge on any atom is -0.508 e. The van der Waals surface area contributed by atoms with E-state index >= 15 is 4.39 Å². The number of benzene rings is 3. The highest BCUT2D eigenvalue weighted by molar-refractivity contribution is 6.24. The number of piperazine rings is 1. The summed E-state index contributed by atoms with van der Waals surface area (Å²) in [6.45, 7) is 16.5. The molecule has 0 radical (unpaired) electrons. The van der Waals surface area contributed by atoms with Gasteiger partial charge < -0.3 is 69.1 Å². The summed E-state index contributed by atoms with van der Waals surface area (Å²) in [5.74, 6) is -10.3. The number of hydrogen-bond acceptors (Lipinski definition) is 18. The molecular weight excluding hydrogens is 1010 g/mol. The molecule has 9 rings (SSSR count). The molecule has 4 aliphatic heterocycles.